The van der Waals surface area contributed by atoms with Crippen molar-refractivity contribution in [1.82, 2.24) is 25.2 Å². The van der Waals surface area contributed by atoms with Gasteiger partial charge in [-0.25, -0.2) is 10.0 Å². The molecule has 0 spiro atoms. The average Bonchev–Trinajstić information content (AvgIpc) is 3.28. The van der Waals surface area contributed by atoms with Crippen LogP contribution >= 0.6 is 0 Å². The Bertz CT molecular complexity index is 782. The molecule has 1 aliphatic rings. The first-order chi connectivity index (χ1) is 13.1. The second kappa shape index (κ2) is 8.94. The molecule has 27 heavy (non-hydrogen) atoms. The smallest absolute Gasteiger partial charge is 0.233 e. The number of carbonyl (C=O) groups excluding carboxylic acids is 1. The van der Waals surface area contributed by atoms with Gasteiger partial charge in [-0.05, 0) is 18.9 Å². The number of hydroxylamine groups is 2. The standard InChI is InChI=1S/C19H27N5O3/c1-3-4-5-8-14(11-24(26)12-25)19-23-22-17(27-19)10-16-20-15-9-6-7-13(2)18(15)21-16/h6,9,12-14,26H,3-5,7-8,10-11H2,1-2H3,(H,20,21). The number of aromatic amines is 1. The lowest BCUT2D eigenvalue weighted by Crippen LogP contribution is -2.24. The van der Waals surface area contributed by atoms with Gasteiger partial charge in [0, 0.05) is 11.6 Å². The van der Waals surface area contributed by atoms with E-state index in [0.717, 1.165) is 49.3 Å². The Kier molecular flexibility index (Phi) is 6.39. The number of rotatable bonds is 10. The fraction of sp³-hybridized carbons (Fsp3) is 0.579. The number of aromatic nitrogens is 4. The van der Waals surface area contributed by atoms with E-state index in [-0.39, 0.29) is 12.5 Å². The summed E-state index contributed by atoms with van der Waals surface area (Å²) in [7, 11) is 0. The Labute approximate surface area is 158 Å². The first kappa shape index (κ1) is 19.3. The molecule has 0 saturated heterocycles. The van der Waals surface area contributed by atoms with Crippen molar-refractivity contribution in [3.63, 3.8) is 0 Å². The first-order valence-corrected chi connectivity index (χ1v) is 9.59. The highest BCUT2D eigenvalue weighted by molar-refractivity contribution is 5.52. The number of hydrogen-bond donors (Lipinski definition) is 2. The van der Waals surface area contributed by atoms with Crippen LogP contribution in [0.3, 0.4) is 0 Å². The highest BCUT2D eigenvalue weighted by atomic mass is 16.5. The molecule has 0 radical (unpaired) electrons. The van der Waals surface area contributed by atoms with Gasteiger partial charge in [0.15, 0.2) is 0 Å². The molecule has 2 aromatic heterocycles. The molecule has 146 valence electrons. The van der Waals surface area contributed by atoms with Gasteiger partial charge in [-0.3, -0.25) is 10.0 Å². The second-order valence-corrected chi connectivity index (χ2v) is 7.15. The fourth-order valence-electron chi connectivity index (χ4n) is 3.39. The van der Waals surface area contributed by atoms with Gasteiger partial charge in [0.1, 0.15) is 5.82 Å². The fourth-order valence-corrected chi connectivity index (χ4v) is 3.39. The summed E-state index contributed by atoms with van der Waals surface area (Å²) >= 11 is 0. The van der Waals surface area contributed by atoms with E-state index in [1.165, 1.54) is 0 Å². The number of nitrogens with one attached hydrogen (secondary N) is 1. The van der Waals surface area contributed by atoms with Crippen LogP contribution in [-0.2, 0) is 11.2 Å². The minimum absolute atomic E-state index is 0.145. The number of imidazole rings is 1. The monoisotopic (exact) mass is 373 g/mol. The third kappa shape index (κ3) is 4.82. The molecule has 1 aliphatic carbocycles. The van der Waals surface area contributed by atoms with Gasteiger partial charge in [0.25, 0.3) is 0 Å². The summed E-state index contributed by atoms with van der Waals surface area (Å²) in [6.07, 6.45) is 9.92. The van der Waals surface area contributed by atoms with Crippen LogP contribution in [0.4, 0.5) is 0 Å². The second-order valence-electron chi connectivity index (χ2n) is 7.15. The Morgan fingerprint density at radius 1 is 1.44 bits per heavy atom. The molecule has 1 amide bonds. The van der Waals surface area contributed by atoms with Gasteiger partial charge >= 0.3 is 0 Å². The van der Waals surface area contributed by atoms with Crippen molar-refractivity contribution < 1.29 is 14.4 Å². The van der Waals surface area contributed by atoms with Crippen molar-refractivity contribution in [2.24, 2.45) is 0 Å². The lowest BCUT2D eigenvalue weighted by Gasteiger charge is -2.16. The Hall–Kier alpha value is -2.48. The molecule has 8 nitrogen and oxygen atoms in total. The number of allylic oxidation sites excluding steroid dienone is 1. The molecule has 0 fully saturated rings. The van der Waals surface area contributed by atoms with Gasteiger partial charge in [0.2, 0.25) is 18.2 Å². The van der Waals surface area contributed by atoms with Gasteiger partial charge in [0.05, 0.1) is 24.6 Å². The normalized spacial score (nSPS) is 16.9. The van der Waals surface area contributed by atoms with Crippen molar-refractivity contribution in [2.45, 2.75) is 64.2 Å². The minimum atomic E-state index is -0.180. The van der Waals surface area contributed by atoms with Gasteiger partial charge in [-0.1, -0.05) is 39.2 Å². The van der Waals surface area contributed by atoms with E-state index in [9.17, 15) is 10.0 Å². The van der Waals surface area contributed by atoms with E-state index >= 15 is 0 Å². The lowest BCUT2D eigenvalue weighted by atomic mass is 9.97. The van der Waals surface area contributed by atoms with Crippen LogP contribution in [0.15, 0.2) is 10.5 Å². The molecule has 8 heteroatoms. The van der Waals surface area contributed by atoms with Crippen LogP contribution in [0.2, 0.25) is 0 Å². The zero-order valence-electron chi connectivity index (χ0n) is 15.9. The van der Waals surface area contributed by atoms with E-state index in [1.54, 1.807) is 0 Å². The third-order valence-electron chi connectivity index (χ3n) is 4.90. The number of amides is 1. The first-order valence-electron chi connectivity index (χ1n) is 9.59. The molecule has 2 N–H and O–H groups in total. The number of carbonyl (C=O) groups is 1. The molecule has 0 aromatic carbocycles. The summed E-state index contributed by atoms with van der Waals surface area (Å²) < 4.78 is 5.83. The van der Waals surface area contributed by atoms with Crippen molar-refractivity contribution >= 4 is 12.5 Å². The Balaban J connectivity index is 1.70. The SMILES string of the molecule is CCCCCC(CN(O)C=O)c1nnc(Cc2nc3c([nH]2)C(C)CC=C3)o1. The zero-order valence-corrected chi connectivity index (χ0v) is 15.9. The number of fused-ring (bicyclic) bond motifs is 1. The molecule has 2 unspecified atom stereocenters. The highest BCUT2D eigenvalue weighted by Gasteiger charge is 2.22. The predicted molar refractivity (Wildman–Crippen MR) is 99.2 cm³/mol. The van der Waals surface area contributed by atoms with Gasteiger partial charge in [-0.15, -0.1) is 10.2 Å². The van der Waals surface area contributed by atoms with Crippen LogP contribution in [0, 0.1) is 0 Å². The molecule has 2 atom stereocenters. The summed E-state index contributed by atoms with van der Waals surface area (Å²) in [4.78, 5) is 18.7. The van der Waals surface area contributed by atoms with Crippen LogP contribution in [-0.4, -0.2) is 43.4 Å². The number of unbranched alkanes of at least 4 members (excludes halogenated alkanes) is 2. The maximum Gasteiger partial charge on any atom is 0.233 e. The maximum atomic E-state index is 10.8. The Morgan fingerprint density at radius 2 is 2.30 bits per heavy atom. The van der Waals surface area contributed by atoms with Crippen LogP contribution in [0.1, 0.15) is 86.8 Å². The van der Waals surface area contributed by atoms with Crippen molar-refractivity contribution in [3.8, 4) is 0 Å². The average molecular weight is 373 g/mol. The number of nitrogens with zero attached hydrogens (tertiary/aromatic N) is 4. The molecular weight excluding hydrogens is 346 g/mol. The van der Waals surface area contributed by atoms with E-state index in [2.05, 4.69) is 40.1 Å². The highest BCUT2D eigenvalue weighted by Crippen LogP contribution is 2.28. The van der Waals surface area contributed by atoms with Crippen molar-refractivity contribution in [1.29, 1.82) is 0 Å². The van der Waals surface area contributed by atoms with Crippen LogP contribution in [0.25, 0.3) is 6.08 Å². The topological polar surface area (TPSA) is 108 Å². The van der Waals surface area contributed by atoms with Crippen LogP contribution in [0.5, 0.6) is 0 Å². The molecule has 0 bridgehead atoms. The van der Waals surface area contributed by atoms with E-state index in [0.29, 0.717) is 35.6 Å². The largest absolute Gasteiger partial charge is 0.424 e. The maximum absolute atomic E-state index is 10.8. The molecule has 0 aliphatic heterocycles. The van der Waals surface area contributed by atoms with Gasteiger partial charge < -0.3 is 9.40 Å². The molecular formula is C19H27N5O3. The molecule has 0 saturated carbocycles. The zero-order chi connectivity index (χ0) is 19.2. The summed E-state index contributed by atoms with van der Waals surface area (Å²) in [5, 5.41) is 18.5. The number of H-pyrrole nitrogens is 1. The van der Waals surface area contributed by atoms with Gasteiger partial charge in [-0.2, -0.15) is 0 Å². The van der Waals surface area contributed by atoms with E-state index < -0.39 is 0 Å². The Morgan fingerprint density at radius 3 is 3.04 bits per heavy atom. The van der Waals surface area contributed by atoms with E-state index in [4.69, 9.17) is 4.42 Å². The van der Waals surface area contributed by atoms with E-state index in [1.807, 2.05) is 6.08 Å². The van der Waals surface area contributed by atoms with Crippen LogP contribution < -0.4 is 0 Å². The number of hydrogen-bond acceptors (Lipinski definition) is 6. The van der Waals surface area contributed by atoms with Crippen molar-refractivity contribution in [2.75, 3.05) is 6.54 Å². The predicted octanol–water partition coefficient (Wildman–Crippen LogP) is 3.42. The summed E-state index contributed by atoms with van der Waals surface area (Å²) in [5.74, 6) is 1.97. The third-order valence-corrected chi connectivity index (χ3v) is 4.90. The molecule has 2 aromatic rings. The quantitative estimate of drug-likeness (QED) is 0.286. The lowest BCUT2D eigenvalue weighted by molar-refractivity contribution is -0.151. The van der Waals surface area contributed by atoms with Crippen molar-refractivity contribution in [3.05, 3.63) is 35.1 Å². The molecule has 2 heterocycles. The minimum Gasteiger partial charge on any atom is -0.424 e. The summed E-state index contributed by atoms with van der Waals surface area (Å²) in [6.45, 7) is 4.44. The summed E-state index contributed by atoms with van der Waals surface area (Å²) in [5.41, 5.74) is 2.12. The summed E-state index contributed by atoms with van der Waals surface area (Å²) in [6, 6.07) is 0. The molecule has 3 rings (SSSR count).